The van der Waals surface area contributed by atoms with Gasteiger partial charge in [0, 0.05) is 11.8 Å². The van der Waals surface area contributed by atoms with Crippen molar-refractivity contribution in [1.82, 2.24) is 14.8 Å². The summed E-state index contributed by atoms with van der Waals surface area (Å²) in [6.07, 6.45) is 0. The molecule has 2 rings (SSSR count). The number of carboxylic acid groups (broad SMARTS) is 1. The number of aromatic amines is 1. The first-order chi connectivity index (χ1) is 9.90. The largest absolute Gasteiger partial charge is 0.478 e. The van der Waals surface area contributed by atoms with E-state index >= 15 is 0 Å². The normalized spacial score (nSPS) is 11.0. The van der Waals surface area contributed by atoms with E-state index in [4.69, 9.17) is 5.11 Å². The van der Waals surface area contributed by atoms with Crippen molar-refractivity contribution in [2.75, 3.05) is 0 Å². The predicted octanol–water partition coefficient (Wildman–Crippen LogP) is 2.28. The van der Waals surface area contributed by atoms with Gasteiger partial charge in [0.1, 0.15) is 5.82 Å². The van der Waals surface area contributed by atoms with Gasteiger partial charge in [0.2, 0.25) is 0 Å². The Morgan fingerprint density at radius 1 is 1.52 bits per heavy atom. The lowest BCUT2D eigenvalue weighted by atomic mass is 10.1. The van der Waals surface area contributed by atoms with Crippen molar-refractivity contribution in [2.24, 2.45) is 0 Å². The van der Waals surface area contributed by atoms with Crippen LogP contribution in [0.4, 0.5) is 4.39 Å². The third kappa shape index (κ3) is 3.33. The molecule has 6 nitrogen and oxygen atoms in total. The number of aromatic nitrogens is 3. The summed E-state index contributed by atoms with van der Waals surface area (Å²) in [5, 5.41) is 15.6. The number of benzene rings is 1. The van der Waals surface area contributed by atoms with Gasteiger partial charge in [0.15, 0.2) is 5.16 Å². The highest BCUT2D eigenvalue weighted by atomic mass is 32.2. The van der Waals surface area contributed by atoms with Gasteiger partial charge in [-0.25, -0.2) is 19.1 Å². The molecule has 2 aromatic rings. The molecule has 21 heavy (non-hydrogen) atoms. The van der Waals surface area contributed by atoms with E-state index in [1.165, 1.54) is 28.5 Å². The first-order valence-electron chi connectivity index (χ1n) is 6.21. The number of halogens is 1. The van der Waals surface area contributed by atoms with E-state index in [1.807, 2.05) is 13.8 Å². The summed E-state index contributed by atoms with van der Waals surface area (Å²) in [6.45, 7) is 3.73. The maximum Gasteiger partial charge on any atom is 0.344 e. The van der Waals surface area contributed by atoms with E-state index < -0.39 is 11.8 Å². The minimum atomic E-state index is -1.30. The monoisotopic (exact) mass is 311 g/mol. The van der Waals surface area contributed by atoms with E-state index in [-0.39, 0.29) is 17.3 Å². The number of carboxylic acids is 1. The molecule has 0 aliphatic carbocycles. The van der Waals surface area contributed by atoms with Crippen LogP contribution in [0.1, 0.15) is 35.8 Å². The molecule has 2 N–H and O–H groups in total. The van der Waals surface area contributed by atoms with Crippen LogP contribution in [0.25, 0.3) is 0 Å². The summed E-state index contributed by atoms with van der Waals surface area (Å²) < 4.78 is 15.1. The molecule has 0 spiro atoms. The fraction of sp³-hybridized carbons (Fsp3) is 0.308. The molecular weight excluding hydrogens is 297 g/mol. The number of aromatic carboxylic acids is 1. The molecule has 0 atom stereocenters. The Kier molecular flexibility index (Phi) is 4.46. The lowest BCUT2D eigenvalue weighted by molar-refractivity contribution is 0.0692. The molecule has 0 radical (unpaired) electrons. The zero-order chi connectivity index (χ0) is 15.6. The quantitative estimate of drug-likeness (QED) is 0.827. The maximum atomic E-state index is 13.6. The second kappa shape index (κ2) is 6.13. The van der Waals surface area contributed by atoms with Crippen molar-refractivity contribution in [1.29, 1.82) is 0 Å². The van der Waals surface area contributed by atoms with Gasteiger partial charge < -0.3 is 5.11 Å². The highest BCUT2D eigenvalue weighted by molar-refractivity contribution is 7.98. The van der Waals surface area contributed by atoms with E-state index in [1.54, 1.807) is 6.07 Å². The fourth-order valence-electron chi connectivity index (χ4n) is 1.82. The van der Waals surface area contributed by atoms with Crippen LogP contribution in [0.3, 0.4) is 0 Å². The molecule has 0 saturated carbocycles. The minimum Gasteiger partial charge on any atom is -0.478 e. The Morgan fingerprint density at radius 2 is 2.24 bits per heavy atom. The van der Waals surface area contributed by atoms with E-state index in [2.05, 4.69) is 10.2 Å². The number of nitrogens with zero attached hydrogens (tertiary/aromatic N) is 2. The van der Waals surface area contributed by atoms with Crippen molar-refractivity contribution in [3.8, 4) is 0 Å². The Bertz CT molecular complexity index is 724. The molecule has 112 valence electrons. The summed E-state index contributed by atoms with van der Waals surface area (Å²) in [6, 6.07) is 3.92. The number of H-pyrrole nitrogens is 1. The molecule has 0 bridgehead atoms. The Hall–Kier alpha value is -2.09. The second-order valence-corrected chi connectivity index (χ2v) is 5.63. The zero-order valence-corrected chi connectivity index (χ0v) is 12.3. The number of rotatable bonds is 5. The highest BCUT2D eigenvalue weighted by Gasteiger charge is 2.13. The minimum absolute atomic E-state index is 0.0372. The number of hydrogen-bond acceptors (Lipinski definition) is 4. The van der Waals surface area contributed by atoms with Crippen LogP contribution in [0.5, 0.6) is 0 Å². The third-order valence-electron chi connectivity index (χ3n) is 2.82. The van der Waals surface area contributed by atoms with Crippen molar-refractivity contribution < 1.29 is 14.3 Å². The SMILES string of the molecule is CC(C)n1c(SCc2ccc(C(=O)O)c(F)c2)n[nH]c1=O. The Labute approximate surface area is 124 Å². The average molecular weight is 311 g/mol. The zero-order valence-electron chi connectivity index (χ0n) is 11.5. The van der Waals surface area contributed by atoms with Crippen LogP contribution in [-0.2, 0) is 5.75 Å². The van der Waals surface area contributed by atoms with Gasteiger partial charge in [-0.1, -0.05) is 17.8 Å². The fourth-order valence-corrected chi connectivity index (χ4v) is 2.84. The molecule has 0 fully saturated rings. The summed E-state index contributed by atoms with van der Waals surface area (Å²) in [5.41, 5.74) is -0.0317. The van der Waals surface area contributed by atoms with Gasteiger partial charge in [0.05, 0.1) is 5.56 Å². The smallest absolute Gasteiger partial charge is 0.344 e. The lowest BCUT2D eigenvalue weighted by Gasteiger charge is -2.08. The second-order valence-electron chi connectivity index (χ2n) is 4.68. The number of nitrogens with one attached hydrogen (secondary N) is 1. The molecule has 0 aliphatic heterocycles. The summed E-state index contributed by atoms with van der Waals surface area (Å²) in [4.78, 5) is 22.3. The number of carbonyl (C=O) groups is 1. The molecule has 0 aliphatic rings. The van der Waals surface area contributed by atoms with Crippen LogP contribution >= 0.6 is 11.8 Å². The highest BCUT2D eigenvalue weighted by Crippen LogP contribution is 2.22. The summed E-state index contributed by atoms with van der Waals surface area (Å²) >= 11 is 1.28. The molecule has 8 heteroatoms. The van der Waals surface area contributed by atoms with Crippen LogP contribution in [-0.4, -0.2) is 25.8 Å². The average Bonchev–Trinajstić information content (AvgIpc) is 2.77. The van der Waals surface area contributed by atoms with Crippen molar-refractivity contribution in [3.05, 3.63) is 45.6 Å². The lowest BCUT2D eigenvalue weighted by Crippen LogP contribution is -2.19. The third-order valence-corrected chi connectivity index (χ3v) is 3.84. The van der Waals surface area contributed by atoms with Gasteiger partial charge in [-0.05, 0) is 31.5 Å². The van der Waals surface area contributed by atoms with Crippen molar-refractivity contribution in [3.63, 3.8) is 0 Å². The standard InChI is InChI=1S/C13H14FN3O3S/c1-7(2)17-12(20)15-16-13(17)21-6-8-3-4-9(11(18)19)10(14)5-8/h3-5,7H,6H2,1-2H3,(H,15,20)(H,18,19). The number of hydrogen-bond donors (Lipinski definition) is 2. The van der Waals surface area contributed by atoms with Crippen molar-refractivity contribution in [2.45, 2.75) is 30.8 Å². The molecule has 1 heterocycles. The topological polar surface area (TPSA) is 88.0 Å². The van der Waals surface area contributed by atoms with Gasteiger partial charge in [0.25, 0.3) is 0 Å². The molecule has 1 aromatic heterocycles. The molecule has 1 aromatic carbocycles. The van der Waals surface area contributed by atoms with Gasteiger partial charge >= 0.3 is 11.7 Å². The molecule has 0 unspecified atom stereocenters. The molecule has 0 amide bonds. The van der Waals surface area contributed by atoms with Crippen LogP contribution in [0.2, 0.25) is 0 Å². The van der Waals surface area contributed by atoms with Crippen LogP contribution in [0, 0.1) is 5.82 Å². The number of thioether (sulfide) groups is 1. The van der Waals surface area contributed by atoms with E-state index in [9.17, 15) is 14.0 Å². The van der Waals surface area contributed by atoms with E-state index in [0.717, 1.165) is 0 Å². The van der Waals surface area contributed by atoms with Crippen LogP contribution < -0.4 is 5.69 Å². The summed E-state index contributed by atoms with van der Waals surface area (Å²) in [5.74, 6) is -1.69. The molecular formula is C13H14FN3O3S. The first kappa shape index (κ1) is 15.3. The Balaban J connectivity index is 2.16. The van der Waals surface area contributed by atoms with Gasteiger partial charge in [-0.3, -0.25) is 4.57 Å². The predicted molar refractivity (Wildman–Crippen MR) is 76.2 cm³/mol. The first-order valence-corrected chi connectivity index (χ1v) is 7.20. The maximum absolute atomic E-state index is 13.6. The van der Waals surface area contributed by atoms with Gasteiger partial charge in [-0.2, -0.15) is 0 Å². The van der Waals surface area contributed by atoms with Crippen molar-refractivity contribution >= 4 is 17.7 Å². The summed E-state index contributed by atoms with van der Waals surface area (Å²) in [7, 11) is 0. The van der Waals surface area contributed by atoms with E-state index in [0.29, 0.717) is 16.5 Å². The Morgan fingerprint density at radius 3 is 2.81 bits per heavy atom. The molecule has 0 saturated heterocycles. The van der Waals surface area contributed by atoms with Gasteiger partial charge in [-0.15, -0.1) is 5.10 Å². The van der Waals surface area contributed by atoms with Crippen LogP contribution in [0.15, 0.2) is 28.2 Å².